The highest BCUT2D eigenvalue weighted by atomic mass is 16.5. The number of aromatic nitrogens is 1. The van der Waals surface area contributed by atoms with Gasteiger partial charge in [-0.05, 0) is 24.6 Å². The van der Waals surface area contributed by atoms with E-state index < -0.39 is 5.97 Å². The third kappa shape index (κ3) is 2.56. The van der Waals surface area contributed by atoms with E-state index in [2.05, 4.69) is 4.98 Å². The minimum absolute atomic E-state index is 0.184. The van der Waals surface area contributed by atoms with Gasteiger partial charge in [0.15, 0.2) is 0 Å². The molecule has 0 aliphatic heterocycles. The maximum absolute atomic E-state index is 11.4. The Hall–Kier alpha value is -2.88. The van der Waals surface area contributed by atoms with E-state index in [0.717, 1.165) is 5.56 Å². The predicted molar refractivity (Wildman–Crippen MR) is 80.0 cm³/mol. The van der Waals surface area contributed by atoms with E-state index in [-0.39, 0.29) is 11.4 Å². The van der Waals surface area contributed by atoms with Gasteiger partial charge in [-0.25, -0.2) is 9.78 Å². The maximum Gasteiger partial charge on any atom is 0.336 e. The Labute approximate surface area is 121 Å². The maximum atomic E-state index is 11.4. The molecule has 1 aromatic heterocycles. The molecule has 0 saturated heterocycles. The number of fused-ring (bicyclic) bond motifs is 1. The number of carbonyl (C=O) groups is 1. The smallest absolute Gasteiger partial charge is 0.336 e. The molecule has 21 heavy (non-hydrogen) atoms. The Bertz CT molecular complexity index is 827. The zero-order chi connectivity index (χ0) is 14.8. The van der Waals surface area contributed by atoms with Crippen molar-refractivity contribution >= 4 is 16.9 Å². The third-order valence-corrected chi connectivity index (χ3v) is 3.23. The Kier molecular flexibility index (Phi) is 3.28. The summed E-state index contributed by atoms with van der Waals surface area (Å²) in [5.74, 6) is -0.0553. The predicted octanol–water partition coefficient (Wildman–Crippen LogP) is 4.03. The van der Waals surface area contributed by atoms with Crippen LogP contribution in [0.2, 0.25) is 0 Å². The molecule has 3 rings (SSSR count). The summed E-state index contributed by atoms with van der Waals surface area (Å²) in [7, 11) is 0. The van der Waals surface area contributed by atoms with Crippen LogP contribution < -0.4 is 4.74 Å². The van der Waals surface area contributed by atoms with Crippen LogP contribution in [0.4, 0.5) is 0 Å². The molecular weight excluding hydrogens is 266 g/mol. The van der Waals surface area contributed by atoms with Gasteiger partial charge in [0.05, 0.1) is 11.1 Å². The van der Waals surface area contributed by atoms with Crippen LogP contribution in [0.25, 0.3) is 10.9 Å². The van der Waals surface area contributed by atoms with E-state index in [1.54, 1.807) is 18.2 Å². The fourth-order valence-corrected chi connectivity index (χ4v) is 2.16. The Morgan fingerprint density at radius 2 is 1.81 bits per heavy atom. The van der Waals surface area contributed by atoms with Crippen molar-refractivity contribution < 1.29 is 14.6 Å². The highest BCUT2D eigenvalue weighted by Crippen LogP contribution is 2.27. The lowest BCUT2D eigenvalue weighted by Crippen LogP contribution is -2.00. The number of rotatable bonds is 3. The van der Waals surface area contributed by atoms with Gasteiger partial charge < -0.3 is 9.84 Å². The van der Waals surface area contributed by atoms with Gasteiger partial charge >= 0.3 is 5.97 Å². The zero-order valence-electron chi connectivity index (χ0n) is 11.4. The summed E-state index contributed by atoms with van der Waals surface area (Å²) in [5, 5.41) is 9.94. The van der Waals surface area contributed by atoms with Crippen LogP contribution in [0.1, 0.15) is 15.9 Å². The molecule has 0 fully saturated rings. The number of hydrogen-bond acceptors (Lipinski definition) is 3. The molecule has 0 atom stereocenters. The van der Waals surface area contributed by atoms with E-state index in [9.17, 15) is 9.90 Å². The third-order valence-electron chi connectivity index (χ3n) is 3.23. The first kappa shape index (κ1) is 13.1. The number of para-hydroxylation sites is 2. The Balaban J connectivity index is 2.11. The highest BCUT2D eigenvalue weighted by Gasteiger charge is 2.13. The van der Waals surface area contributed by atoms with Crippen molar-refractivity contribution in [3.63, 3.8) is 0 Å². The first-order valence-electron chi connectivity index (χ1n) is 6.52. The molecule has 1 heterocycles. The number of carboxylic acids is 1. The molecule has 2 aromatic carbocycles. The number of nitrogens with zero attached hydrogens (tertiary/aromatic N) is 1. The van der Waals surface area contributed by atoms with Crippen molar-refractivity contribution in [2.75, 3.05) is 0 Å². The van der Waals surface area contributed by atoms with Gasteiger partial charge in [0.2, 0.25) is 5.88 Å². The second kappa shape index (κ2) is 5.25. The second-order valence-corrected chi connectivity index (χ2v) is 4.70. The standard InChI is InChI=1S/C17H13NO3/c1-11-6-2-5-9-15(11)21-16-10-13(17(19)20)12-7-3-4-8-14(12)18-16/h2-10H,1H3,(H,19,20). The average molecular weight is 279 g/mol. The van der Waals surface area contributed by atoms with E-state index in [0.29, 0.717) is 16.7 Å². The Morgan fingerprint density at radius 3 is 2.57 bits per heavy atom. The van der Waals surface area contributed by atoms with Crippen molar-refractivity contribution in [1.29, 1.82) is 0 Å². The molecule has 104 valence electrons. The van der Waals surface area contributed by atoms with Gasteiger partial charge in [0.1, 0.15) is 5.75 Å². The second-order valence-electron chi connectivity index (χ2n) is 4.70. The van der Waals surface area contributed by atoms with Crippen LogP contribution in [0.15, 0.2) is 54.6 Å². The van der Waals surface area contributed by atoms with Gasteiger partial charge in [-0.1, -0.05) is 36.4 Å². The van der Waals surface area contributed by atoms with Crippen LogP contribution >= 0.6 is 0 Å². The summed E-state index contributed by atoms with van der Waals surface area (Å²) in [6.07, 6.45) is 0. The molecule has 0 spiro atoms. The first-order valence-corrected chi connectivity index (χ1v) is 6.52. The summed E-state index contributed by atoms with van der Waals surface area (Å²) >= 11 is 0. The average Bonchev–Trinajstić information content (AvgIpc) is 2.48. The lowest BCUT2D eigenvalue weighted by Gasteiger charge is -2.10. The van der Waals surface area contributed by atoms with Gasteiger partial charge in [-0.3, -0.25) is 0 Å². The van der Waals surface area contributed by atoms with Crippen LogP contribution in [0.5, 0.6) is 11.6 Å². The zero-order valence-corrected chi connectivity index (χ0v) is 11.4. The molecule has 3 aromatic rings. The molecule has 0 saturated carbocycles. The molecule has 0 bridgehead atoms. The van der Waals surface area contributed by atoms with Gasteiger partial charge in [-0.15, -0.1) is 0 Å². The van der Waals surface area contributed by atoms with E-state index in [4.69, 9.17) is 4.74 Å². The number of pyridine rings is 1. The number of aryl methyl sites for hydroxylation is 1. The van der Waals surface area contributed by atoms with E-state index >= 15 is 0 Å². The molecule has 0 aliphatic rings. The molecule has 0 radical (unpaired) electrons. The molecular formula is C17H13NO3. The van der Waals surface area contributed by atoms with E-state index in [1.165, 1.54) is 6.07 Å². The monoisotopic (exact) mass is 279 g/mol. The number of carboxylic acid groups (broad SMARTS) is 1. The van der Waals surface area contributed by atoms with Gasteiger partial charge in [-0.2, -0.15) is 0 Å². The largest absolute Gasteiger partial charge is 0.478 e. The number of ether oxygens (including phenoxy) is 1. The first-order chi connectivity index (χ1) is 10.1. The molecule has 4 nitrogen and oxygen atoms in total. The minimum atomic E-state index is -0.997. The van der Waals surface area contributed by atoms with Crippen LogP contribution in [-0.2, 0) is 0 Å². The molecule has 1 N–H and O–H groups in total. The van der Waals surface area contributed by atoms with Gasteiger partial charge in [0, 0.05) is 11.5 Å². The molecule has 0 aliphatic carbocycles. The number of benzene rings is 2. The van der Waals surface area contributed by atoms with E-state index in [1.807, 2.05) is 37.3 Å². The summed E-state index contributed by atoms with van der Waals surface area (Å²) in [6.45, 7) is 1.93. The van der Waals surface area contributed by atoms with Crippen molar-refractivity contribution in [3.05, 3.63) is 65.7 Å². The highest BCUT2D eigenvalue weighted by molar-refractivity contribution is 6.02. The summed E-state index contributed by atoms with van der Waals surface area (Å²) in [4.78, 5) is 15.8. The summed E-state index contributed by atoms with van der Waals surface area (Å²) < 4.78 is 5.73. The molecule has 0 unspecified atom stereocenters. The SMILES string of the molecule is Cc1ccccc1Oc1cc(C(=O)O)c2ccccc2n1. The van der Waals surface area contributed by atoms with Crippen LogP contribution in [-0.4, -0.2) is 16.1 Å². The molecule has 4 heteroatoms. The topological polar surface area (TPSA) is 59.4 Å². The fraction of sp³-hybridized carbons (Fsp3) is 0.0588. The van der Waals surface area contributed by atoms with Crippen molar-refractivity contribution in [3.8, 4) is 11.6 Å². The normalized spacial score (nSPS) is 10.5. The van der Waals surface area contributed by atoms with Crippen LogP contribution in [0, 0.1) is 6.92 Å². The summed E-state index contributed by atoms with van der Waals surface area (Å²) in [5.41, 5.74) is 1.74. The summed E-state index contributed by atoms with van der Waals surface area (Å²) in [6, 6.07) is 16.1. The van der Waals surface area contributed by atoms with Crippen molar-refractivity contribution in [1.82, 2.24) is 4.98 Å². The lowest BCUT2D eigenvalue weighted by molar-refractivity contribution is 0.0698. The lowest BCUT2D eigenvalue weighted by atomic mass is 10.1. The Morgan fingerprint density at radius 1 is 1.10 bits per heavy atom. The number of hydrogen-bond donors (Lipinski definition) is 1. The molecule has 0 amide bonds. The van der Waals surface area contributed by atoms with Crippen molar-refractivity contribution in [2.24, 2.45) is 0 Å². The van der Waals surface area contributed by atoms with Gasteiger partial charge in [0.25, 0.3) is 0 Å². The number of aromatic carboxylic acids is 1. The van der Waals surface area contributed by atoms with Crippen LogP contribution in [0.3, 0.4) is 0 Å². The van der Waals surface area contributed by atoms with Crippen molar-refractivity contribution in [2.45, 2.75) is 6.92 Å². The quantitative estimate of drug-likeness (QED) is 0.786. The minimum Gasteiger partial charge on any atom is -0.478 e. The fourth-order valence-electron chi connectivity index (χ4n) is 2.16.